The van der Waals surface area contributed by atoms with Crippen LogP contribution in [-0.4, -0.2) is 37.5 Å². The molecule has 1 aliphatic heterocycles. The van der Waals surface area contributed by atoms with Gasteiger partial charge < -0.3 is 4.74 Å². The minimum absolute atomic E-state index is 0.0148. The molecule has 1 atom stereocenters. The van der Waals surface area contributed by atoms with Crippen LogP contribution in [0.5, 0.6) is 0 Å². The van der Waals surface area contributed by atoms with Gasteiger partial charge in [0.05, 0.1) is 23.6 Å². The number of nitrogens with zero attached hydrogens (tertiary/aromatic N) is 5. The maximum atomic E-state index is 13.1. The predicted octanol–water partition coefficient (Wildman–Crippen LogP) is 4.32. The average molecular weight is 456 g/mol. The van der Waals surface area contributed by atoms with Gasteiger partial charge in [0.2, 0.25) is 5.88 Å². The maximum Gasteiger partial charge on any atom is 0.435 e. The summed E-state index contributed by atoms with van der Waals surface area (Å²) in [6, 6.07) is 3.02. The summed E-state index contributed by atoms with van der Waals surface area (Å²) >= 11 is 6.03. The summed E-state index contributed by atoms with van der Waals surface area (Å²) in [7, 11) is 1.41. The standard InChI is InChI=1S/C20H21ClF3N5O2/c1-3-31-18-10-12(9-17(21)25-18)8-14(30)6-4-13-5-7-16(27-26-13)15-11-29(2)28-19(15)20(22,23)24/h5,7,10-12H,3-4,6,8-9H2,1-2H3. The molecule has 0 amide bonds. The van der Waals surface area contributed by atoms with E-state index in [4.69, 9.17) is 16.3 Å². The maximum absolute atomic E-state index is 13.1. The second kappa shape index (κ2) is 9.59. The summed E-state index contributed by atoms with van der Waals surface area (Å²) in [5.74, 6) is 0.353. The molecular weight excluding hydrogens is 435 g/mol. The number of rotatable bonds is 8. The summed E-state index contributed by atoms with van der Waals surface area (Å²) in [6.07, 6.45) is -0.206. The fourth-order valence-electron chi connectivity index (χ4n) is 3.22. The molecule has 2 aromatic rings. The molecule has 0 saturated carbocycles. The van der Waals surface area contributed by atoms with Crippen molar-refractivity contribution in [2.45, 2.75) is 38.8 Å². The summed E-state index contributed by atoms with van der Waals surface area (Å²) in [5, 5.41) is 11.7. The second-order valence-corrected chi connectivity index (χ2v) is 7.54. The Morgan fingerprint density at radius 2 is 2.10 bits per heavy atom. The monoisotopic (exact) mass is 455 g/mol. The molecule has 1 unspecified atom stereocenters. The number of Topliss-reactive ketones (excluding diaryl/α,β-unsaturated/α-hetero) is 1. The summed E-state index contributed by atoms with van der Waals surface area (Å²) in [4.78, 5) is 16.5. The van der Waals surface area contributed by atoms with Gasteiger partial charge >= 0.3 is 6.18 Å². The molecule has 0 fully saturated rings. The Kier molecular flexibility index (Phi) is 7.09. The molecule has 166 valence electrons. The topological polar surface area (TPSA) is 82.3 Å². The van der Waals surface area contributed by atoms with Crippen LogP contribution in [0.1, 0.15) is 37.6 Å². The molecular formula is C20H21ClF3N5O2. The average Bonchev–Trinajstić information content (AvgIpc) is 3.09. The van der Waals surface area contributed by atoms with E-state index >= 15 is 0 Å². The number of aliphatic imine (C=N–C) groups is 1. The number of carbonyl (C=O) groups is 1. The van der Waals surface area contributed by atoms with Crippen LogP contribution in [-0.2, 0) is 29.2 Å². The number of hydrogen-bond acceptors (Lipinski definition) is 6. The zero-order valence-corrected chi connectivity index (χ0v) is 17.7. The fraction of sp³-hybridized carbons (Fsp3) is 0.450. The van der Waals surface area contributed by atoms with E-state index in [1.54, 1.807) is 12.1 Å². The molecule has 31 heavy (non-hydrogen) atoms. The number of halogens is 4. The number of alkyl halides is 3. The van der Waals surface area contributed by atoms with Gasteiger partial charge in [-0.15, -0.1) is 0 Å². The fourth-order valence-corrected chi connectivity index (χ4v) is 3.50. The van der Waals surface area contributed by atoms with Gasteiger partial charge in [0.15, 0.2) is 5.69 Å². The Morgan fingerprint density at radius 1 is 1.32 bits per heavy atom. The van der Waals surface area contributed by atoms with Gasteiger partial charge in [-0.25, -0.2) is 4.99 Å². The number of carbonyl (C=O) groups excluding carboxylic acids is 1. The van der Waals surface area contributed by atoms with Crippen LogP contribution in [0.2, 0.25) is 0 Å². The van der Waals surface area contributed by atoms with E-state index in [1.165, 1.54) is 19.3 Å². The highest BCUT2D eigenvalue weighted by atomic mass is 35.5. The Bertz CT molecular complexity index is 999. The number of ketones is 1. The van der Waals surface area contributed by atoms with Gasteiger partial charge in [-0.2, -0.15) is 28.5 Å². The highest BCUT2D eigenvalue weighted by molar-refractivity contribution is 6.65. The van der Waals surface area contributed by atoms with Gasteiger partial charge in [-0.05, 0) is 37.5 Å². The molecule has 11 heteroatoms. The minimum atomic E-state index is -4.59. The quantitative estimate of drug-likeness (QED) is 0.592. The molecule has 0 radical (unpaired) electrons. The lowest BCUT2D eigenvalue weighted by Gasteiger charge is -2.17. The number of ether oxygens (including phenoxy) is 1. The van der Waals surface area contributed by atoms with Crippen LogP contribution < -0.4 is 0 Å². The molecule has 0 N–H and O–H groups in total. The van der Waals surface area contributed by atoms with Crippen molar-refractivity contribution in [3.63, 3.8) is 0 Å². The molecule has 3 rings (SSSR count). The third kappa shape index (κ3) is 6.13. The predicted molar refractivity (Wildman–Crippen MR) is 108 cm³/mol. The van der Waals surface area contributed by atoms with Crippen LogP contribution >= 0.6 is 11.6 Å². The molecule has 0 aliphatic carbocycles. The lowest BCUT2D eigenvalue weighted by atomic mass is 9.95. The normalized spacial score (nSPS) is 16.6. The molecule has 3 heterocycles. The van der Waals surface area contributed by atoms with Gasteiger partial charge in [-0.3, -0.25) is 9.48 Å². The van der Waals surface area contributed by atoms with Crippen molar-refractivity contribution in [1.82, 2.24) is 20.0 Å². The molecule has 2 aromatic heterocycles. The molecule has 1 aliphatic rings. The van der Waals surface area contributed by atoms with Gasteiger partial charge in [0.1, 0.15) is 11.0 Å². The number of hydrogen-bond donors (Lipinski definition) is 0. The Labute approximate surface area is 182 Å². The smallest absolute Gasteiger partial charge is 0.435 e. The van der Waals surface area contributed by atoms with E-state index in [9.17, 15) is 18.0 Å². The Morgan fingerprint density at radius 3 is 2.74 bits per heavy atom. The zero-order valence-electron chi connectivity index (χ0n) is 17.0. The molecule has 0 spiro atoms. The molecule has 7 nitrogen and oxygen atoms in total. The molecule has 0 bridgehead atoms. The summed E-state index contributed by atoms with van der Waals surface area (Å²) in [5.41, 5.74) is -0.567. The van der Waals surface area contributed by atoms with Crippen LogP contribution in [0.4, 0.5) is 13.2 Å². The third-order valence-electron chi connectivity index (χ3n) is 4.58. The first-order valence-corrected chi connectivity index (χ1v) is 10.1. The summed E-state index contributed by atoms with van der Waals surface area (Å²) < 4.78 is 45.8. The van der Waals surface area contributed by atoms with Gasteiger partial charge in [0.25, 0.3) is 0 Å². The first-order chi connectivity index (χ1) is 14.7. The van der Waals surface area contributed by atoms with Crippen LogP contribution in [0.25, 0.3) is 11.3 Å². The van der Waals surface area contributed by atoms with Gasteiger partial charge in [0, 0.05) is 32.5 Å². The Balaban J connectivity index is 1.59. The lowest BCUT2D eigenvalue weighted by Crippen LogP contribution is -2.14. The van der Waals surface area contributed by atoms with E-state index in [0.29, 0.717) is 42.6 Å². The van der Waals surface area contributed by atoms with E-state index in [2.05, 4.69) is 20.3 Å². The van der Waals surface area contributed by atoms with E-state index in [1.807, 2.05) is 6.92 Å². The van der Waals surface area contributed by atoms with E-state index in [-0.39, 0.29) is 29.4 Å². The van der Waals surface area contributed by atoms with Crippen molar-refractivity contribution in [3.8, 4) is 11.3 Å². The minimum Gasteiger partial charge on any atom is -0.478 e. The molecule has 0 saturated heterocycles. The van der Waals surface area contributed by atoms with Gasteiger partial charge in [-0.1, -0.05) is 11.6 Å². The van der Waals surface area contributed by atoms with E-state index < -0.39 is 11.9 Å². The highest BCUT2D eigenvalue weighted by Crippen LogP contribution is 2.35. The van der Waals surface area contributed by atoms with Crippen LogP contribution in [0.3, 0.4) is 0 Å². The number of allylic oxidation sites excluding steroid dienone is 1. The summed E-state index contributed by atoms with van der Waals surface area (Å²) in [6.45, 7) is 2.29. The Hall–Kier alpha value is -2.75. The van der Waals surface area contributed by atoms with Crippen molar-refractivity contribution >= 4 is 22.6 Å². The van der Waals surface area contributed by atoms with E-state index in [0.717, 1.165) is 4.68 Å². The number of aryl methyl sites for hydroxylation is 2. The van der Waals surface area contributed by atoms with Crippen molar-refractivity contribution in [3.05, 3.63) is 41.7 Å². The largest absolute Gasteiger partial charge is 0.478 e. The lowest BCUT2D eigenvalue weighted by molar-refractivity contribution is -0.141. The van der Waals surface area contributed by atoms with Crippen LogP contribution in [0, 0.1) is 5.92 Å². The first kappa shape index (κ1) is 22.9. The third-order valence-corrected chi connectivity index (χ3v) is 4.81. The SMILES string of the molecule is CCOC1=CC(CC(=O)CCc2ccc(-c3cn(C)nc3C(F)(F)F)nn2)CC(Cl)=N1. The van der Waals surface area contributed by atoms with Crippen molar-refractivity contribution in [2.24, 2.45) is 18.0 Å². The molecule has 0 aromatic carbocycles. The van der Waals surface area contributed by atoms with Crippen molar-refractivity contribution in [2.75, 3.05) is 6.61 Å². The zero-order chi connectivity index (χ0) is 22.6. The number of aromatic nitrogens is 4. The van der Waals surface area contributed by atoms with Crippen molar-refractivity contribution in [1.29, 1.82) is 0 Å². The second-order valence-electron chi connectivity index (χ2n) is 7.11. The van der Waals surface area contributed by atoms with Crippen molar-refractivity contribution < 1.29 is 22.7 Å². The first-order valence-electron chi connectivity index (χ1n) is 9.69. The van der Waals surface area contributed by atoms with Crippen LogP contribution in [0.15, 0.2) is 35.3 Å². The highest BCUT2D eigenvalue weighted by Gasteiger charge is 2.37.